The second-order valence-corrected chi connectivity index (χ2v) is 6.35. The van der Waals surface area contributed by atoms with Crippen LogP contribution in [0.1, 0.15) is 12.0 Å². The third kappa shape index (κ3) is 3.74. The second-order valence-electron chi connectivity index (χ2n) is 6.35. The van der Waals surface area contributed by atoms with Gasteiger partial charge in [0.05, 0.1) is 0 Å². The van der Waals surface area contributed by atoms with E-state index < -0.39 is 0 Å². The minimum Gasteiger partial charge on any atom is -0.311 e. The van der Waals surface area contributed by atoms with Crippen molar-refractivity contribution in [2.45, 2.75) is 12.8 Å². The number of fused-ring (bicyclic) bond motifs is 1. The molecule has 2 aliphatic rings. The Morgan fingerprint density at radius 2 is 1.92 bits per heavy atom. The number of carbonyl (C=O) groups excluding carboxylic acids is 1. The predicted octanol–water partition coefficient (Wildman–Crippen LogP) is 3.35. The average Bonchev–Trinajstić information content (AvgIpc) is 3.03. The van der Waals surface area contributed by atoms with E-state index in [9.17, 15) is 9.18 Å². The highest BCUT2D eigenvalue weighted by Gasteiger charge is 2.28. The largest absolute Gasteiger partial charge is 0.311 e. The molecule has 2 aromatic carbocycles. The van der Waals surface area contributed by atoms with Crippen molar-refractivity contribution in [2.24, 2.45) is 0 Å². The van der Waals surface area contributed by atoms with Crippen LogP contribution in [0.2, 0.25) is 0 Å². The van der Waals surface area contributed by atoms with Gasteiger partial charge < -0.3 is 5.32 Å². The summed E-state index contributed by atoms with van der Waals surface area (Å²) in [4.78, 5) is 11.4. The molecule has 1 fully saturated rings. The Morgan fingerprint density at radius 1 is 1.12 bits per heavy atom. The summed E-state index contributed by atoms with van der Waals surface area (Å²) in [5, 5.41) is 7.19. The molecule has 6 heteroatoms. The van der Waals surface area contributed by atoms with Crippen LogP contribution in [0, 0.1) is 5.82 Å². The lowest BCUT2D eigenvalue weighted by Gasteiger charge is -2.35. The fraction of sp³-hybridized carbons (Fsp3) is 0.250. The molecule has 2 aromatic rings. The Kier molecular flexibility index (Phi) is 5.59. The highest BCUT2D eigenvalue weighted by Crippen LogP contribution is 2.24. The van der Waals surface area contributed by atoms with Crippen LogP contribution in [0.3, 0.4) is 0 Å². The predicted molar refractivity (Wildman–Crippen MR) is 102 cm³/mol. The first-order chi connectivity index (χ1) is 12.2. The number of nitrogens with one attached hydrogen (secondary N) is 1. The van der Waals surface area contributed by atoms with E-state index in [4.69, 9.17) is 0 Å². The van der Waals surface area contributed by atoms with Crippen molar-refractivity contribution in [1.82, 2.24) is 15.3 Å². The standard InChI is InChI=1S/C20H20FN3O.ClH/c21-18-14-15(6-7-17(18)16-4-2-1-3-5-16)8-11-23-12-9-19-22-20(25)10-13-24(19)23;/h1-7,9,14H,8,10-13H2,(H,22,25);1H. The summed E-state index contributed by atoms with van der Waals surface area (Å²) < 4.78 is 14.5. The maximum absolute atomic E-state index is 14.5. The van der Waals surface area contributed by atoms with E-state index in [0.29, 0.717) is 18.5 Å². The lowest BCUT2D eigenvalue weighted by atomic mass is 10.0. The first-order valence-electron chi connectivity index (χ1n) is 8.57. The monoisotopic (exact) mass is 373 g/mol. The van der Waals surface area contributed by atoms with Gasteiger partial charge in [0.2, 0.25) is 5.91 Å². The number of hydrogen-bond donors (Lipinski definition) is 1. The molecule has 0 atom stereocenters. The van der Waals surface area contributed by atoms with Crippen LogP contribution in [-0.2, 0) is 11.2 Å². The maximum Gasteiger partial charge on any atom is 0.227 e. The highest BCUT2D eigenvalue weighted by molar-refractivity contribution is 5.85. The summed E-state index contributed by atoms with van der Waals surface area (Å²) in [6, 6.07) is 15.1. The first kappa shape index (κ1) is 18.4. The molecule has 4 nitrogen and oxygen atoms in total. The summed E-state index contributed by atoms with van der Waals surface area (Å²) in [5.74, 6) is 0.763. The molecule has 136 valence electrons. The molecule has 2 aliphatic heterocycles. The molecule has 0 aliphatic carbocycles. The molecule has 2 heterocycles. The maximum atomic E-state index is 14.5. The van der Waals surface area contributed by atoms with Crippen LogP contribution in [-0.4, -0.2) is 35.6 Å². The normalized spacial score (nSPS) is 16.6. The minimum absolute atomic E-state index is 0. The molecule has 4 rings (SSSR count). The molecule has 1 amide bonds. The number of halogens is 2. The van der Waals surface area contributed by atoms with Crippen molar-refractivity contribution < 1.29 is 9.18 Å². The third-order valence-electron chi connectivity index (χ3n) is 4.71. The van der Waals surface area contributed by atoms with Crippen LogP contribution in [0.5, 0.6) is 0 Å². The lowest BCUT2D eigenvalue weighted by Crippen LogP contribution is -2.48. The Hall–Kier alpha value is -2.37. The van der Waals surface area contributed by atoms with Crippen LogP contribution < -0.4 is 5.32 Å². The SMILES string of the molecule is Cl.O=C1CCN2C(=CCN2CCc2ccc(-c3ccccc3)c(F)c2)N1. The van der Waals surface area contributed by atoms with Crippen LogP contribution in [0.4, 0.5) is 4.39 Å². The van der Waals surface area contributed by atoms with Crippen molar-refractivity contribution in [1.29, 1.82) is 0 Å². The molecule has 0 saturated carbocycles. The summed E-state index contributed by atoms with van der Waals surface area (Å²) >= 11 is 0. The van der Waals surface area contributed by atoms with Gasteiger partial charge in [-0.15, -0.1) is 12.4 Å². The first-order valence-corrected chi connectivity index (χ1v) is 8.57. The molecule has 26 heavy (non-hydrogen) atoms. The van der Waals surface area contributed by atoms with Crippen molar-refractivity contribution in [2.75, 3.05) is 19.6 Å². The number of carbonyl (C=O) groups is 1. The molecule has 0 bridgehead atoms. The zero-order chi connectivity index (χ0) is 17.2. The molecule has 0 aromatic heterocycles. The highest BCUT2D eigenvalue weighted by atomic mass is 35.5. The number of hydrogen-bond acceptors (Lipinski definition) is 3. The molecule has 1 N–H and O–H groups in total. The van der Waals surface area contributed by atoms with Crippen molar-refractivity contribution in [3.05, 3.63) is 71.8 Å². The zero-order valence-electron chi connectivity index (χ0n) is 14.3. The van der Waals surface area contributed by atoms with Crippen molar-refractivity contribution in [3.63, 3.8) is 0 Å². The average molecular weight is 374 g/mol. The number of amides is 1. The second kappa shape index (κ2) is 7.89. The summed E-state index contributed by atoms with van der Waals surface area (Å²) in [6.07, 6.45) is 3.29. The number of benzene rings is 2. The van der Waals surface area contributed by atoms with Gasteiger partial charge in [0.25, 0.3) is 0 Å². The Labute approximate surface area is 158 Å². The van der Waals surface area contributed by atoms with Gasteiger partial charge in [0.15, 0.2) is 0 Å². The quantitative estimate of drug-likeness (QED) is 0.892. The smallest absolute Gasteiger partial charge is 0.227 e. The van der Waals surface area contributed by atoms with Crippen LogP contribution in [0.25, 0.3) is 11.1 Å². The number of nitrogens with zero attached hydrogens (tertiary/aromatic N) is 2. The van der Waals surface area contributed by atoms with Gasteiger partial charge in [-0.3, -0.25) is 9.80 Å². The van der Waals surface area contributed by atoms with Crippen LogP contribution in [0.15, 0.2) is 60.4 Å². The van der Waals surface area contributed by atoms with E-state index in [1.54, 1.807) is 6.07 Å². The van der Waals surface area contributed by atoms with E-state index in [1.807, 2.05) is 48.5 Å². The van der Waals surface area contributed by atoms with Gasteiger partial charge in [-0.1, -0.05) is 42.5 Å². The minimum atomic E-state index is -0.186. The van der Waals surface area contributed by atoms with Gasteiger partial charge in [-0.25, -0.2) is 9.40 Å². The summed E-state index contributed by atoms with van der Waals surface area (Å²) in [7, 11) is 0. The Morgan fingerprint density at radius 3 is 2.69 bits per heavy atom. The van der Waals surface area contributed by atoms with E-state index in [2.05, 4.69) is 15.3 Å². The summed E-state index contributed by atoms with van der Waals surface area (Å²) in [6.45, 7) is 2.28. The zero-order valence-corrected chi connectivity index (χ0v) is 15.1. The Balaban J connectivity index is 0.00000196. The molecule has 0 radical (unpaired) electrons. The molecular weight excluding hydrogens is 353 g/mol. The van der Waals surface area contributed by atoms with Crippen molar-refractivity contribution in [3.8, 4) is 11.1 Å². The number of hydrazine groups is 1. The van der Waals surface area contributed by atoms with Gasteiger partial charge in [0, 0.05) is 31.6 Å². The van der Waals surface area contributed by atoms with Crippen molar-refractivity contribution >= 4 is 18.3 Å². The van der Waals surface area contributed by atoms with Gasteiger partial charge in [-0.05, 0) is 29.7 Å². The third-order valence-corrected chi connectivity index (χ3v) is 4.71. The van der Waals surface area contributed by atoms with E-state index >= 15 is 0 Å². The number of rotatable bonds is 4. The van der Waals surface area contributed by atoms with Gasteiger partial charge >= 0.3 is 0 Å². The summed E-state index contributed by atoms with van der Waals surface area (Å²) in [5.41, 5.74) is 2.50. The van der Waals surface area contributed by atoms with E-state index in [-0.39, 0.29) is 24.1 Å². The Bertz CT molecular complexity index is 825. The fourth-order valence-corrected chi connectivity index (χ4v) is 3.37. The lowest BCUT2D eigenvalue weighted by molar-refractivity contribution is -0.125. The van der Waals surface area contributed by atoms with Gasteiger partial charge in [0.1, 0.15) is 11.6 Å². The molecule has 0 unspecified atom stereocenters. The fourth-order valence-electron chi connectivity index (χ4n) is 3.37. The molecular formula is C20H21ClFN3O. The van der Waals surface area contributed by atoms with E-state index in [1.165, 1.54) is 0 Å². The molecule has 0 spiro atoms. The van der Waals surface area contributed by atoms with Crippen LogP contribution >= 0.6 is 12.4 Å². The van der Waals surface area contributed by atoms with E-state index in [0.717, 1.165) is 36.5 Å². The molecule has 1 saturated heterocycles. The topological polar surface area (TPSA) is 35.6 Å². The van der Waals surface area contributed by atoms with Gasteiger partial charge in [-0.2, -0.15) is 0 Å².